The average Bonchev–Trinajstić information content (AvgIpc) is 2.64. The highest BCUT2D eigenvalue weighted by Crippen LogP contribution is 2.30. The van der Waals surface area contributed by atoms with Crippen LogP contribution in [0.4, 0.5) is 0 Å². The fraction of sp³-hybridized carbons (Fsp3) is 0.636. The molecule has 0 amide bonds. The van der Waals surface area contributed by atoms with Crippen LogP contribution in [0.25, 0.3) is 0 Å². The van der Waals surface area contributed by atoms with Crippen molar-refractivity contribution in [3.8, 4) is 11.5 Å². The van der Waals surface area contributed by atoms with Gasteiger partial charge in [-0.05, 0) is 63.5 Å². The van der Waals surface area contributed by atoms with E-state index in [9.17, 15) is 9.59 Å². The average molecular weight is 390 g/mol. The van der Waals surface area contributed by atoms with E-state index in [2.05, 4.69) is 0 Å². The first kappa shape index (κ1) is 20.5. The summed E-state index contributed by atoms with van der Waals surface area (Å²) in [4.78, 5) is 22.7. The Kier molecular flexibility index (Phi) is 7.18. The van der Waals surface area contributed by atoms with Crippen molar-refractivity contribution < 1.29 is 28.5 Å². The highest BCUT2D eigenvalue weighted by Gasteiger charge is 2.31. The van der Waals surface area contributed by atoms with Crippen LogP contribution in [0.15, 0.2) is 24.3 Å². The minimum Gasteiger partial charge on any atom is -0.486 e. The third-order valence-corrected chi connectivity index (χ3v) is 5.30. The fourth-order valence-electron chi connectivity index (χ4n) is 4.06. The van der Waals surface area contributed by atoms with Gasteiger partial charge in [0.25, 0.3) is 0 Å². The van der Waals surface area contributed by atoms with Crippen LogP contribution < -0.4 is 9.47 Å². The third-order valence-electron chi connectivity index (χ3n) is 5.30. The predicted octanol–water partition coefficient (Wildman–Crippen LogP) is 4.19. The van der Waals surface area contributed by atoms with Crippen molar-refractivity contribution in [2.75, 3.05) is 0 Å². The molecule has 0 spiro atoms. The molecule has 1 aromatic rings. The number of hydrogen-bond donors (Lipinski definition) is 0. The first-order valence-electron chi connectivity index (χ1n) is 10.3. The summed E-state index contributed by atoms with van der Waals surface area (Å²) in [5.41, 5.74) is 0. The van der Waals surface area contributed by atoms with Crippen LogP contribution in [0.3, 0.4) is 0 Å². The van der Waals surface area contributed by atoms with Gasteiger partial charge in [0.2, 0.25) is 0 Å². The van der Waals surface area contributed by atoms with Gasteiger partial charge in [-0.1, -0.05) is 6.07 Å². The normalized spacial score (nSPS) is 27.5. The molecule has 154 valence electrons. The van der Waals surface area contributed by atoms with Crippen molar-refractivity contribution in [2.24, 2.45) is 0 Å². The SMILES string of the molecule is CC(=O)O[C@@H]1CCCC[C@H]1Oc1cccc(O[C@@H]2CCCC[C@H]2OC(C)=O)c1. The standard InChI is InChI=1S/C22H30O6/c1-15(23)25-19-10-3-5-12-21(19)27-17-8-7-9-18(14-17)28-22-13-6-4-11-20(22)26-16(2)24/h7-9,14,19-22H,3-6,10-13H2,1-2H3/t19-,20-,21-,22-/m1/s1. The lowest BCUT2D eigenvalue weighted by molar-refractivity contribution is -0.154. The van der Waals surface area contributed by atoms with Gasteiger partial charge in [-0.3, -0.25) is 9.59 Å². The van der Waals surface area contributed by atoms with Gasteiger partial charge in [0.1, 0.15) is 35.9 Å². The van der Waals surface area contributed by atoms with E-state index in [1.807, 2.05) is 24.3 Å². The molecule has 2 saturated carbocycles. The largest absolute Gasteiger partial charge is 0.486 e. The van der Waals surface area contributed by atoms with Crippen LogP contribution in [-0.4, -0.2) is 36.4 Å². The molecular formula is C22H30O6. The summed E-state index contributed by atoms with van der Waals surface area (Å²) in [7, 11) is 0. The number of carbonyl (C=O) groups excluding carboxylic acids is 2. The van der Waals surface area contributed by atoms with E-state index in [0.29, 0.717) is 11.5 Å². The van der Waals surface area contributed by atoms with E-state index in [0.717, 1.165) is 51.4 Å². The van der Waals surface area contributed by atoms with E-state index >= 15 is 0 Å². The second-order valence-electron chi connectivity index (χ2n) is 7.65. The molecule has 6 heteroatoms. The number of carbonyl (C=O) groups is 2. The molecule has 0 heterocycles. The lowest BCUT2D eigenvalue weighted by atomic mass is 9.94. The maximum Gasteiger partial charge on any atom is 0.303 e. The topological polar surface area (TPSA) is 71.1 Å². The Morgan fingerprint density at radius 1 is 0.714 bits per heavy atom. The summed E-state index contributed by atoms with van der Waals surface area (Å²) < 4.78 is 23.2. The zero-order valence-corrected chi connectivity index (χ0v) is 16.7. The van der Waals surface area contributed by atoms with Crippen LogP contribution in [0.2, 0.25) is 0 Å². The molecule has 3 rings (SSSR count). The molecule has 2 fully saturated rings. The van der Waals surface area contributed by atoms with Gasteiger partial charge < -0.3 is 18.9 Å². The van der Waals surface area contributed by atoms with Crippen LogP contribution in [-0.2, 0) is 19.1 Å². The first-order chi connectivity index (χ1) is 13.5. The number of rotatable bonds is 6. The molecule has 2 aliphatic carbocycles. The summed E-state index contributed by atoms with van der Waals surface area (Å²) in [5.74, 6) is 0.848. The van der Waals surface area contributed by atoms with Crippen molar-refractivity contribution in [3.05, 3.63) is 24.3 Å². The molecule has 1 aromatic carbocycles. The summed E-state index contributed by atoms with van der Waals surface area (Å²) in [6, 6.07) is 7.52. The Bertz CT molecular complexity index is 619. The Labute approximate surface area is 166 Å². The molecule has 0 aromatic heterocycles. The quantitative estimate of drug-likeness (QED) is 0.678. The maximum absolute atomic E-state index is 11.4. The van der Waals surface area contributed by atoms with Crippen molar-refractivity contribution in [1.82, 2.24) is 0 Å². The van der Waals surface area contributed by atoms with E-state index in [1.165, 1.54) is 13.8 Å². The van der Waals surface area contributed by atoms with Gasteiger partial charge in [-0.15, -0.1) is 0 Å². The molecule has 6 nitrogen and oxygen atoms in total. The van der Waals surface area contributed by atoms with E-state index in [1.54, 1.807) is 0 Å². The predicted molar refractivity (Wildman–Crippen MR) is 103 cm³/mol. The van der Waals surface area contributed by atoms with Gasteiger partial charge in [-0.25, -0.2) is 0 Å². The van der Waals surface area contributed by atoms with Crippen molar-refractivity contribution in [2.45, 2.75) is 89.6 Å². The molecule has 0 radical (unpaired) electrons. The fourth-order valence-corrected chi connectivity index (χ4v) is 4.06. The Morgan fingerprint density at radius 3 is 1.50 bits per heavy atom. The van der Waals surface area contributed by atoms with Crippen LogP contribution in [0, 0.1) is 0 Å². The number of ether oxygens (including phenoxy) is 4. The van der Waals surface area contributed by atoms with Gasteiger partial charge in [0, 0.05) is 19.9 Å². The lowest BCUT2D eigenvalue weighted by Crippen LogP contribution is -2.38. The van der Waals surface area contributed by atoms with Crippen LogP contribution in [0.1, 0.15) is 65.2 Å². The molecule has 0 aliphatic heterocycles. The van der Waals surface area contributed by atoms with Gasteiger partial charge >= 0.3 is 11.9 Å². The lowest BCUT2D eigenvalue weighted by Gasteiger charge is -2.32. The number of esters is 2. The molecular weight excluding hydrogens is 360 g/mol. The zero-order valence-electron chi connectivity index (χ0n) is 16.7. The van der Waals surface area contributed by atoms with Crippen LogP contribution >= 0.6 is 0 Å². The molecule has 0 unspecified atom stereocenters. The summed E-state index contributed by atoms with van der Waals surface area (Å²) in [6.45, 7) is 2.87. The van der Waals surface area contributed by atoms with Crippen molar-refractivity contribution in [1.29, 1.82) is 0 Å². The summed E-state index contributed by atoms with van der Waals surface area (Å²) >= 11 is 0. The van der Waals surface area contributed by atoms with Crippen molar-refractivity contribution in [3.63, 3.8) is 0 Å². The Hall–Kier alpha value is -2.24. The molecule has 0 saturated heterocycles. The van der Waals surface area contributed by atoms with E-state index in [4.69, 9.17) is 18.9 Å². The molecule has 28 heavy (non-hydrogen) atoms. The summed E-state index contributed by atoms with van der Waals surface area (Å²) in [5, 5.41) is 0. The van der Waals surface area contributed by atoms with Crippen LogP contribution in [0.5, 0.6) is 11.5 Å². The minimum atomic E-state index is -0.272. The molecule has 0 bridgehead atoms. The van der Waals surface area contributed by atoms with Crippen molar-refractivity contribution >= 4 is 11.9 Å². The number of hydrogen-bond acceptors (Lipinski definition) is 6. The van der Waals surface area contributed by atoms with E-state index in [-0.39, 0.29) is 36.4 Å². The second kappa shape index (κ2) is 9.80. The van der Waals surface area contributed by atoms with Gasteiger partial charge in [0.15, 0.2) is 0 Å². The molecule has 2 aliphatic rings. The Morgan fingerprint density at radius 2 is 1.11 bits per heavy atom. The minimum absolute atomic E-state index is 0.142. The van der Waals surface area contributed by atoms with Gasteiger partial charge in [0.05, 0.1) is 0 Å². The second-order valence-corrected chi connectivity index (χ2v) is 7.65. The highest BCUT2D eigenvalue weighted by atomic mass is 16.6. The first-order valence-corrected chi connectivity index (χ1v) is 10.3. The zero-order chi connectivity index (χ0) is 19.9. The molecule has 4 atom stereocenters. The van der Waals surface area contributed by atoms with E-state index < -0.39 is 0 Å². The smallest absolute Gasteiger partial charge is 0.303 e. The number of benzene rings is 1. The third kappa shape index (κ3) is 5.88. The van der Waals surface area contributed by atoms with Gasteiger partial charge in [-0.2, -0.15) is 0 Å². The maximum atomic E-state index is 11.4. The Balaban J connectivity index is 1.64. The highest BCUT2D eigenvalue weighted by molar-refractivity contribution is 5.66. The molecule has 0 N–H and O–H groups in total. The summed E-state index contributed by atoms with van der Waals surface area (Å²) in [6.07, 6.45) is 6.88. The monoisotopic (exact) mass is 390 g/mol.